The number of hydrogen-bond acceptors (Lipinski definition) is 5. The molecular weight excluding hydrogens is 370 g/mol. The molecule has 7 nitrogen and oxygen atoms in total. The average Bonchev–Trinajstić information content (AvgIpc) is 3.09. The van der Waals surface area contributed by atoms with Gasteiger partial charge in [-0.1, -0.05) is 18.2 Å². The maximum Gasteiger partial charge on any atom is 0.338 e. The first kappa shape index (κ1) is 19.1. The van der Waals surface area contributed by atoms with Crippen molar-refractivity contribution in [1.29, 1.82) is 0 Å². The summed E-state index contributed by atoms with van der Waals surface area (Å²) in [6, 6.07) is 15.2. The van der Waals surface area contributed by atoms with Gasteiger partial charge in [-0.25, -0.2) is 9.78 Å². The third-order valence-electron chi connectivity index (χ3n) is 5.03. The summed E-state index contributed by atoms with van der Waals surface area (Å²) in [7, 11) is 0. The maximum atomic E-state index is 12.6. The van der Waals surface area contributed by atoms with E-state index in [4.69, 9.17) is 9.47 Å². The first-order chi connectivity index (χ1) is 14.0. The number of fused-ring (bicyclic) bond motifs is 1. The summed E-state index contributed by atoms with van der Waals surface area (Å²) in [6.07, 6.45) is -0.847. The van der Waals surface area contributed by atoms with Gasteiger partial charge in [-0.15, -0.1) is 0 Å². The number of rotatable bonds is 4. The fraction of sp³-hybridized carbons (Fsp3) is 0.318. The van der Waals surface area contributed by atoms with Gasteiger partial charge in [0.1, 0.15) is 5.82 Å². The maximum absolute atomic E-state index is 12.6. The Hall–Kier alpha value is -3.19. The molecule has 2 heterocycles. The van der Waals surface area contributed by atoms with E-state index in [0.29, 0.717) is 37.4 Å². The molecule has 2 aromatic carbocycles. The number of aromatic nitrogens is 2. The predicted octanol–water partition coefficient (Wildman–Crippen LogP) is 2.74. The zero-order chi connectivity index (χ0) is 20.4. The second-order valence-electron chi connectivity index (χ2n) is 7.02. The van der Waals surface area contributed by atoms with E-state index in [1.54, 1.807) is 24.0 Å². The third kappa shape index (κ3) is 3.86. The zero-order valence-corrected chi connectivity index (χ0v) is 16.5. The van der Waals surface area contributed by atoms with Crippen LogP contribution < -0.4 is 0 Å². The van der Waals surface area contributed by atoms with Crippen LogP contribution in [0.5, 0.6) is 0 Å². The summed E-state index contributed by atoms with van der Waals surface area (Å²) >= 11 is 0. The number of amides is 1. The highest BCUT2D eigenvalue weighted by molar-refractivity contribution is 5.95. The lowest BCUT2D eigenvalue weighted by atomic mass is 10.2. The normalized spacial score (nSPS) is 15.3. The van der Waals surface area contributed by atoms with Gasteiger partial charge in [0.25, 0.3) is 5.91 Å². The molecule has 29 heavy (non-hydrogen) atoms. The molecule has 1 aliphatic heterocycles. The molecule has 1 atom stereocenters. The van der Waals surface area contributed by atoms with Gasteiger partial charge in [-0.2, -0.15) is 0 Å². The predicted molar refractivity (Wildman–Crippen MR) is 108 cm³/mol. The number of carbonyl (C=O) groups is 2. The van der Waals surface area contributed by atoms with Gasteiger partial charge in [0, 0.05) is 18.8 Å². The van der Waals surface area contributed by atoms with Gasteiger partial charge < -0.3 is 14.4 Å². The minimum absolute atomic E-state index is 0.202. The first-order valence-corrected chi connectivity index (χ1v) is 9.66. The molecule has 1 fully saturated rings. The molecule has 4 rings (SSSR count). The van der Waals surface area contributed by atoms with E-state index in [9.17, 15) is 9.59 Å². The van der Waals surface area contributed by atoms with Gasteiger partial charge in [0.15, 0.2) is 6.10 Å². The summed E-state index contributed by atoms with van der Waals surface area (Å²) in [6.45, 7) is 5.57. The number of benzene rings is 2. The number of morpholine rings is 1. The summed E-state index contributed by atoms with van der Waals surface area (Å²) in [5.41, 5.74) is 2.99. The lowest BCUT2D eigenvalue weighted by Gasteiger charge is -2.28. The van der Waals surface area contributed by atoms with Crippen LogP contribution >= 0.6 is 0 Å². The van der Waals surface area contributed by atoms with Crippen LogP contribution in [0.3, 0.4) is 0 Å². The molecule has 0 bridgehead atoms. The van der Waals surface area contributed by atoms with Crippen LogP contribution in [0.25, 0.3) is 16.7 Å². The van der Waals surface area contributed by atoms with E-state index in [1.807, 2.05) is 47.9 Å². The quantitative estimate of drug-likeness (QED) is 0.637. The largest absolute Gasteiger partial charge is 0.449 e. The van der Waals surface area contributed by atoms with Crippen LogP contribution in [0, 0.1) is 6.92 Å². The van der Waals surface area contributed by atoms with Crippen molar-refractivity contribution in [3.05, 3.63) is 59.9 Å². The Kier molecular flexibility index (Phi) is 5.31. The summed E-state index contributed by atoms with van der Waals surface area (Å²) < 4.78 is 12.7. The number of aryl methyl sites for hydroxylation is 1. The van der Waals surface area contributed by atoms with Gasteiger partial charge >= 0.3 is 5.97 Å². The second kappa shape index (κ2) is 8.05. The first-order valence-electron chi connectivity index (χ1n) is 9.66. The van der Waals surface area contributed by atoms with Crippen molar-refractivity contribution < 1.29 is 19.1 Å². The number of hydrogen-bond donors (Lipinski definition) is 0. The zero-order valence-electron chi connectivity index (χ0n) is 16.5. The number of esters is 1. The monoisotopic (exact) mass is 393 g/mol. The molecule has 1 aromatic heterocycles. The molecule has 1 aliphatic rings. The number of para-hydroxylation sites is 1. The lowest BCUT2D eigenvalue weighted by Crippen LogP contribution is -2.46. The van der Waals surface area contributed by atoms with E-state index < -0.39 is 12.1 Å². The van der Waals surface area contributed by atoms with Crippen molar-refractivity contribution in [1.82, 2.24) is 14.5 Å². The Bertz CT molecular complexity index is 1040. The summed E-state index contributed by atoms with van der Waals surface area (Å²) in [5.74, 6) is 0.0902. The van der Waals surface area contributed by atoms with Crippen LogP contribution in [0.2, 0.25) is 0 Å². The van der Waals surface area contributed by atoms with Gasteiger partial charge in [0.05, 0.1) is 29.8 Å². The highest BCUT2D eigenvalue weighted by Gasteiger charge is 2.26. The number of ether oxygens (including phenoxy) is 2. The summed E-state index contributed by atoms with van der Waals surface area (Å²) in [4.78, 5) is 31.3. The van der Waals surface area contributed by atoms with Crippen molar-refractivity contribution in [2.24, 2.45) is 0 Å². The highest BCUT2D eigenvalue weighted by Crippen LogP contribution is 2.23. The number of imidazole rings is 1. The fourth-order valence-electron chi connectivity index (χ4n) is 3.55. The van der Waals surface area contributed by atoms with Crippen LogP contribution in [-0.4, -0.2) is 58.7 Å². The molecule has 150 valence electrons. The van der Waals surface area contributed by atoms with Crippen LogP contribution in [0.1, 0.15) is 23.1 Å². The molecule has 0 unspecified atom stereocenters. The molecular formula is C22H23N3O4. The SMILES string of the molecule is Cc1nc2cc(C(=O)O[C@H](C)C(=O)N3CCOCC3)ccc2n1-c1ccccc1. The Balaban J connectivity index is 1.53. The Labute approximate surface area is 168 Å². The molecule has 7 heteroatoms. The van der Waals surface area contributed by atoms with E-state index in [-0.39, 0.29) is 5.91 Å². The van der Waals surface area contributed by atoms with Crippen molar-refractivity contribution in [2.75, 3.05) is 26.3 Å². The molecule has 3 aromatic rings. The smallest absolute Gasteiger partial charge is 0.338 e. The Morgan fingerprint density at radius 1 is 1.10 bits per heavy atom. The van der Waals surface area contributed by atoms with Gasteiger partial charge in [-0.3, -0.25) is 9.36 Å². The molecule has 0 aliphatic carbocycles. The van der Waals surface area contributed by atoms with Crippen LogP contribution in [-0.2, 0) is 14.3 Å². The van der Waals surface area contributed by atoms with E-state index in [1.165, 1.54) is 0 Å². The average molecular weight is 393 g/mol. The standard InChI is InChI=1S/C22H23N3O4/c1-15(21(26)24-10-12-28-13-11-24)29-22(27)17-8-9-20-19(14-17)23-16(2)25(20)18-6-4-3-5-7-18/h3-9,14-15H,10-13H2,1-2H3/t15-/m1/s1. The van der Waals surface area contributed by atoms with Crippen molar-refractivity contribution in [2.45, 2.75) is 20.0 Å². The third-order valence-corrected chi connectivity index (χ3v) is 5.03. The van der Waals surface area contributed by atoms with E-state index in [0.717, 1.165) is 17.0 Å². The van der Waals surface area contributed by atoms with Crippen molar-refractivity contribution >= 4 is 22.9 Å². The van der Waals surface area contributed by atoms with Crippen molar-refractivity contribution in [3.63, 3.8) is 0 Å². The van der Waals surface area contributed by atoms with Crippen LogP contribution in [0.15, 0.2) is 48.5 Å². The molecule has 0 saturated carbocycles. The minimum Gasteiger partial charge on any atom is -0.449 e. The second-order valence-corrected chi connectivity index (χ2v) is 7.02. The molecule has 0 spiro atoms. The summed E-state index contributed by atoms with van der Waals surface area (Å²) in [5, 5.41) is 0. The molecule has 0 N–H and O–H groups in total. The van der Waals surface area contributed by atoms with Crippen molar-refractivity contribution in [3.8, 4) is 5.69 Å². The number of nitrogens with zero attached hydrogens (tertiary/aromatic N) is 3. The van der Waals surface area contributed by atoms with Gasteiger partial charge in [-0.05, 0) is 44.2 Å². The Morgan fingerprint density at radius 3 is 2.55 bits per heavy atom. The van der Waals surface area contributed by atoms with Crippen LogP contribution in [0.4, 0.5) is 0 Å². The Morgan fingerprint density at radius 2 is 1.83 bits per heavy atom. The molecule has 1 saturated heterocycles. The topological polar surface area (TPSA) is 73.7 Å². The van der Waals surface area contributed by atoms with E-state index in [2.05, 4.69) is 4.98 Å². The molecule has 0 radical (unpaired) electrons. The molecule has 1 amide bonds. The van der Waals surface area contributed by atoms with E-state index >= 15 is 0 Å². The lowest BCUT2D eigenvalue weighted by molar-refractivity contribution is -0.143. The number of carbonyl (C=O) groups excluding carboxylic acids is 2. The minimum atomic E-state index is -0.847. The van der Waals surface area contributed by atoms with Gasteiger partial charge in [0.2, 0.25) is 0 Å². The highest BCUT2D eigenvalue weighted by atomic mass is 16.5. The fourth-order valence-corrected chi connectivity index (χ4v) is 3.55.